The van der Waals surface area contributed by atoms with Crippen molar-refractivity contribution in [2.24, 2.45) is 35.3 Å². The number of hydrogen-bond donors (Lipinski definition) is 1. The molecule has 5 saturated carbocycles. The summed E-state index contributed by atoms with van der Waals surface area (Å²) >= 11 is 0. The van der Waals surface area contributed by atoms with Gasteiger partial charge in [-0.1, -0.05) is 93.1 Å². The van der Waals surface area contributed by atoms with Crippen molar-refractivity contribution in [3.63, 3.8) is 0 Å². The van der Waals surface area contributed by atoms with E-state index in [1.165, 1.54) is 155 Å². The molecule has 3 saturated heterocycles. The number of likely N-dealkylation sites (tertiary alicyclic amines) is 3. The Bertz CT molecular complexity index is 2870. The van der Waals surface area contributed by atoms with Crippen molar-refractivity contribution >= 4 is 47.0 Å². The van der Waals surface area contributed by atoms with E-state index in [0.717, 1.165) is 136 Å². The minimum Gasteiger partial charge on any atom is -0.351 e. The number of imide groups is 2. The number of piperidine rings is 3. The van der Waals surface area contributed by atoms with Gasteiger partial charge in [0.15, 0.2) is 0 Å². The smallest absolute Gasteiger partial charge is 0.330 e. The third kappa shape index (κ3) is 12.2. The van der Waals surface area contributed by atoms with Gasteiger partial charge >= 0.3 is 18.1 Å². The molecule has 11 aliphatic rings. The molecule has 8 fully saturated rings. The Kier molecular flexibility index (Phi) is 17.9. The Balaban J connectivity index is 0.000000133. The molecule has 85 heavy (non-hydrogen) atoms. The van der Waals surface area contributed by atoms with Crippen LogP contribution in [0.4, 0.5) is 31.4 Å². The summed E-state index contributed by atoms with van der Waals surface area (Å²) in [4.78, 5) is 79.3. The summed E-state index contributed by atoms with van der Waals surface area (Å²) in [5.74, 6) is 4.51. The van der Waals surface area contributed by atoms with Gasteiger partial charge in [0, 0.05) is 84.1 Å². The Hall–Kier alpha value is -5.31. The van der Waals surface area contributed by atoms with Gasteiger partial charge < -0.3 is 30.2 Å². The molecule has 6 aliphatic heterocycles. The van der Waals surface area contributed by atoms with Gasteiger partial charge in [0.25, 0.3) is 0 Å². The van der Waals surface area contributed by atoms with Gasteiger partial charge in [0.2, 0.25) is 11.8 Å². The first kappa shape index (κ1) is 60.0. The molecule has 3 aromatic rings. The van der Waals surface area contributed by atoms with Gasteiger partial charge in [-0.3, -0.25) is 14.5 Å². The van der Waals surface area contributed by atoms with E-state index in [1.807, 2.05) is 49.3 Å². The summed E-state index contributed by atoms with van der Waals surface area (Å²) in [5, 5.41) is 0. The zero-order chi connectivity index (χ0) is 59.0. The maximum absolute atomic E-state index is 13.0. The van der Waals surface area contributed by atoms with E-state index in [2.05, 4.69) is 57.2 Å². The number of nitrogens with two attached hydrogens (primary N) is 1. The molecule has 8 amide bonds. The Morgan fingerprint density at radius 1 is 0.494 bits per heavy atom. The number of fused-ring (bicyclic) bond motifs is 10. The number of benzene rings is 3. The van der Waals surface area contributed by atoms with E-state index in [1.54, 1.807) is 19.0 Å². The van der Waals surface area contributed by atoms with E-state index >= 15 is 0 Å². The zero-order valence-electron chi connectivity index (χ0n) is 52.2. The minimum atomic E-state index is -0.663. The second-order valence-electron chi connectivity index (χ2n) is 29.1. The van der Waals surface area contributed by atoms with Crippen molar-refractivity contribution in [2.45, 2.75) is 195 Å². The van der Waals surface area contributed by atoms with Crippen LogP contribution >= 0.6 is 0 Å². The number of urea groups is 3. The third-order valence-corrected chi connectivity index (χ3v) is 23.9. The molecular weight excluding hydrogens is 1060 g/mol. The predicted molar refractivity (Wildman–Crippen MR) is 341 cm³/mol. The fourth-order valence-corrected chi connectivity index (χ4v) is 19.3. The number of carbonyl (C=O) groups is 5. The Labute approximate surface area is 510 Å². The average Bonchev–Trinajstić information content (AvgIpc) is 1.73. The number of amides is 8. The summed E-state index contributed by atoms with van der Waals surface area (Å²) in [6.07, 6.45) is 31.6. The second kappa shape index (κ2) is 25.4. The minimum absolute atomic E-state index is 0. The summed E-state index contributed by atoms with van der Waals surface area (Å²) in [6, 6.07) is 25.5. The number of para-hydroxylation sites is 3. The fraction of sp³-hybridized carbons (Fsp3) is 0.676. The number of primary amides is 1. The molecule has 3 aromatic carbocycles. The van der Waals surface area contributed by atoms with Gasteiger partial charge in [-0.2, -0.15) is 0 Å². The standard InChI is InChI=1S/C25H35N3O2.C24H37N3O.C22H29N3O2.H2/c1-26(2)24(30)28-22-6-4-3-5-21(22)25(10-9-23(28)29)11-13-27(14-12-25)20-16-18-7-8-19(15-18)17-20;1-25(2)23(28)27-16-8-13-24(21-11-6-7-12-22(21)27)14-17-26(18-15-24)19-20-9-4-3-5-10-20;23-21(27)25-18-4-2-1-3-17(18)22(8-7-20(25)26)9-11-24(12-10-22)19-14-15-5-6-16(19)13-15;/h3-6,18-20H,7-17H2,1-2H3;6-7,11-12,20H,3-5,8-10,13-19H2,1-2H3;1-4,15-16,19H,5-14H2,(H2,23,27);1H/t;;15-,16-,19?;/m..1./s1. The summed E-state index contributed by atoms with van der Waals surface area (Å²) in [6.45, 7) is 9.02. The maximum Gasteiger partial charge on any atom is 0.330 e. The van der Waals surface area contributed by atoms with E-state index in [0.29, 0.717) is 18.5 Å². The van der Waals surface area contributed by atoms with Crippen LogP contribution in [0.3, 0.4) is 0 Å². The molecule has 14 nitrogen and oxygen atoms in total. The molecule has 2 N–H and O–H groups in total. The highest BCUT2D eigenvalue weighted by molar-refractivity contribution is 6.15. The zero-order valence-corrected chi connectivity index (χ0v) is 52.2. The molecule has 6 heterocycles. The average molecular weight is 1160 g/mol. The molecule has 3 unspecified atom stereocenters. The highest BCUT2D eigenvalue weighted by Gasteiger charge is 2.49. The van der Waals surface area contributed by atoms with Gasteiger partial charge in [-0.25, -0.2) is 24.2 Å². The molecule has 5 atom stereocenters. The molecule has 14 heteroatoms. The number of hydrogen-bond acceptors (Lipinski definition) is 8. The van der Waals surface area contributed by atoms with Gasteiger partial charge in [-0.05, 0) is 225 Å². The van der Waals surface area contributed by atoms with Crippen molar-refractivity contribution in [1.82, 2.24) is 24.5 Å². The summed E-state index contributed by atoms with van der Waals surface area (Å²) in [5.41, 5.74) is 12.2. The van der Waals surface area contributed by atoms with Crippen molar-refractivity contribution in [2.75, 3.05) is 95.2 Å². The molecule has 0 radical (unpaired) electrons. The quantitative estimate of drug-likeness (QED) is 0.273. The largest absolute Gasteiger partial charge is 0.351 e. The predicted octanol–water partition coefficient (Wildman–Crippen LogP) is 12.9. The van der Waals surface area contributed by atoms with Crippen LogP contribution in [-0.4, -0.2) is 147 Å². The normalized spacial score (nSPS) is 28.9. The van der Waals surface area contributed by atoms with Crippen molar-refractivity contribution < 1.29 is 25.4 Å². The van der Waals surface area contributed by atoms with Crippen LogP contribution in [-0.2, 0) is 25.8 Å². The van der Waals surface area contributed by atoms with Crippen LogP contribution in [0, 0.1) is 29.6 Å². The monoisotopic (exact) mass is 1160 g/mol. The SMILES string of the molecule is CN(C)C(=O)N1C(=O)CCC2(CCN(C3CC4CCC(C4)C3)CC2)c2ccccc21.CN(C)C(=O)N1CCCC2(CCN(CC3CCCCC3)CC2)c2ccccc21.NC(=O)N1C(=O)CCC2(CCN(C3C[C@@H]4CC[C@@H]3C4)CC2)c2ccccc21.[HH]. The van der Waals surface area contributed by atoms with E-state index in [4.69, 9.17) is 5.73 Å². The van der Waals surface area contributed by atoms with E-state index in [-0.39, 0.29) is 41.5 Å². The summed E-state index contributed by atoms with van der Waals surface area (Å²) < 4.78 is 0. The van der Waals surface area contributed by atoms with Crippen LogP contribution < -0.4 is 20.4 Å². The number of nitrogens with zero attached hydrogens (tertiary/aromatic N) is 8. The van der Waals surface area contributed by atoms with Crippen LogP contribution in [0.2, 0.25) is 0 Å². The first-order chi connectivity index (χ1) is 41.1. The second-order valence-corrected chi connectivity index (χ2v) is 29.1. The Morgan fingerprint density at radius 3 is 1.52 bits per heavy atom. The number of rotatable bonds is 4. The van der Waals surface area contributed by atoms with Crippen LogP contribution in [0.15, 0.2) is 72.8 Å². The molecular formula is C71H103N9O5. The molecule has 14 rings (SSSR count). The molecule has 0 aromatic heterocycles. The van der Waals surface area contributed by atoms with Gasteiger partial charge in [0.1, 0.15) is 0 Å². The first-order valence-electron chi connectivity index (χ1n) is 33.8. The first-order valence-corrected chi connectivity index (χ1v) is 33.8. The lowest BCUT2D eigenvalue weighted by Gasteiger charge is -2.46. The van der Waals surface area contributed by atoms with Gasteiger partial charge in [-0.15, -0.1) is 0 Å². The molecule has 4 bridgehead atoms. The lowest BCUT2D eigenvalue weighted by atomic mass is 9.69. The van der Waals surface area contributed by atoms with E-state index < -0.39 is 6.03 Å². The van der Waals surface area contributed by atoms with Crippen LogP contribution in [0.1, 0.15) is 185 Å². The fourth-order valence-electron chi connectivity index (χ4n) is 19.3. The highest BCUT2D eigenvalue weighted by Crippen LogP contribution is 2.53. The Morgan fingerprint density at radius 2 is 0.976 bits per heavy atom. The maximum atomic E-state index is 13.0. The van der Waals surface area contributed by atoms with E-state index in [9.17, 15) is 24.0 Å². The summed E-state index contributed by atoms with van der Waals surface area (Å²) in [7, 11) is 7.15. The third-order valence-electron chi connectivity index (χ3n) is 23.9. The molecule has 462 valence electrons. The molecule has 5 aliphatic carbocycles. The van der Waals surface area contributed by atoms with Crippen molar-refractivity contribution in [1.29, 1.82) is 0 Å². The van der Waals surface area contributed by atoms with Gasteiger partial charge in [0.05, 0.1) is 11.4 Å². The van der Waals surface area contributed by atoms with Crippen LogP contribution in [0.5, 0.6) is 0 Å². The van der Waals surface area contributed by atoms with Crippen molar-refractivity contribution in [3.05, 3.63) is 89.5 Å². The lowest BCUT2D eigenvalue weighted by Crippen LogP contribution is -2.48. The van der Waals surface area contributed by atoms with Crippen LogP contribution in [0.25, 0.3) is 0 Å². The van der Waals surface area contributed by atoms with Crippen molar-refractivity contribution in [3.8, 4) is 0 Å². The molecule has 3 spiro atoms. The number of anilines is 3. The topological polar surface area (TPSA) is 137 Å². The highest BCUT2D eigenvalue weighted by atomic mass is 16.2. The number of carbonyl (C=O) groups excluding carboxylic acids is 5. The lowest BCUT2D eigenvalue weighted by molar-refractivity contribution is -0.119.